The molecule has 1 aromatic carbocycles. The van der Waals surface area contributed by atoms with Crippen molar-refractivity contribution in [2.75, 3.05) is 19.0 Å². The van der Waals surface area contributed by atoms with E-state index in [9.17, 15) is 19.2 Å². The van der Waals surface area contributed by atoms with Crippen molar-refractivity contribution in [1.82, 2.24) is 9.55 Å². The lowest BCUT2D eigenvalue weighted by Crippen LogP contribution is -2.27. The summed E-state index contributed by atoms with van der Waals surface area (Å²) >= 11 is 1.07. The van der Waals surface area contributed by atoms with Gasteiger partial charge in [-0.2, -0.15) is 0 Å². The molecule has 1 N–H and O–H groups in total. The highest BCUT2D eigenvalue weighted by Crippen LogP contribution is 2.27. The van der Waals surface area contributed by atoms with E-state index in [1.165, 1.54) is 18.0 Å². The van der Waals surface area contributed by atoms with Gasteiger partial charge in [0.25, 0.3) is 5.56 Å². The SMILES string of the molecule is CCCOC(=O)c1ccc(NC(=O)Cn2cnc3sc(C(=O)OC)c(C)c3c2=O)cc1. The Labute approximate surface area is 181 Å². The van der Waals surface area contributed by atoms with E-state index in [1.807, 2.05) is 6.92 Å². The van der Waals surface area contributed by atoms with Crippen LogP contribution in [0.25, 0.3) is 10.2 Å². The molecule has 3 aromatic rings. The second kappa shape index (κ2) is 9.52. The van der Waals surface area contributed by atoms with Gasteiger partial charge in [0, 0.05) is 5.69 Å². The summed E-state index contributed by atoms with van der Waals surface area (Å²) in [6.45, 7) is 3.63. The van der Waals surface area contributed by atoms with Crippen molar-refractivity contribution in [3.8, 4) is 0 Å². The number of methoxy groups -OCH3 is 1. The number of fused-ring (bicyclic) bond motifs is 1. The molecule has 2 aromatic heterocycles. The second-order valence-electron chi connectivity index (χ2n) is 6.67. The molecule has 0 aliphatic carbocycles. The van der Waals surface area contributed by atoms with Crippen LogP contribution in [0, 0.1) is 6.92 Å². The Kier molecular flexibility index (Phi) is 6.81. The fourth-order valence-corrected chi connectivity index (χ4v) is 3.94. The average Bonchev–Trinajstić information content (AvgIpc) is 3.11. The molecule has 0 aliphatic rings. The molecular formula is C21H21N3O6S. The van der Waals surface area contributed by atoms with Gasteiger partial charge < -0.3 is 14.8 Å². The van der Waals surface area contributed by atoms with E-state index < -0.39 is 23.4 Å². The Hall–Kier alpha value is -3.53. The van der Waals surface area contributed by atoms with Crippen LogP contribution in [-0.4, -0.2) is 41.1 Å². The van der Waals surface area contributed by atoms with Gasteiger partial charge in [-0.1, -0.05) is 6.92 Å². The summed E-state index contributed by atoms with van der Waals surface area (Å²) in [4.78, 5) is 53.8. The first-order valence-corrected chi connectivity index (χ1v) is 10.3. The van der Waals surface area contributed by atoms with Gasteiger partial charge >= 0.3 is 11.9 Å². The number of hydrogen-bond acceptors (Lipinski definition) is 8. The predicted octanol–water partition coefficient (Wildman–Crippen LogP) is 2.76. The Morgan fingerprint density at radius 3 is 2.52 bits per heavy atom. The first-order chi connectivity index (χ1) is 14.8. The van der Waals surface area contributed by atoms with Crippen LogP contribution >= 0.6 is 11.3 Å². The first-order valence-electron chi connectivity index (χ1n) is 9.49. The summed E-state index contributed by atoms with van der Waals surface area (Å²) in [6, 6.07) is 6.26. The third-order valence-electron chi connectivity index (χ3n) is 4.44. The normalized spacial score (nSPS) is 10.7. The van der Waals surface area contributed by atoms with Crippen molar-refractivity contribution < 1.29 is 23.9 Å². The molecule has 0 saturated carbocycles. The number of esters is 2. The standard InChI is InChI=1S/C21H21N3O6S/c1-4-9-30-20(27)13-5-7-14(8-6-13)23-15(25)10-24-11-22-18-16(19(24)26)12(2)17(31-18)21(28)29-3/h5-8,11H,4,9-10H2,1-3H3,(H,23,25). The summed E-state index contributed by atoms with van der Waals surface area (Å²) < 4.78 is 11.0. The fourth-order valence-electron chi connectivity index (χ4n) is 2.88. The van der Waals surface area contributed by atoms with E-state index in [0.717, 1.165) is 17.8 Å². The molecule has 3 rings (SSSR count). The van der Waals surface area contributed by atoms with Crippen LogP contribution in [0.3, 0.4) is 0 Å². The van der Waals surface area contributed by atoms with Crippen LogP contribution in [0.1, 0.15) is 38.9 Å². The molecule has 2 heterocycles. The van der Waals surface area contributed by atoms with Crippen LogP contribution in [0.15, 0.2) is 35.4 Å². The number of rotatable bonds is 7. The molecule has 0 bridgehead atoms. The molecule has 10 heteroatoms. The number of carbonyl (C=O) groups is 3. The summed E-state index contributed by atoms with van der Waals surface area (Å²) in [5.74, 6) is -1.40. The maximum absolute atomic E-state index is 12.8. The molecule has 162 valence electrons. The van der Waals surface area contributed by atoms with Crippen molar-refractivity contribution in [3.63, 3.8) is 0 Å². The number of nitrogens with zero attached hydrogens (tertiary/aromatic N) is 2. The fraction of sp³-hybridized carbons (Fsp3) is 0.286. The number of benzene rings is 1. The Balaban J connectivity index is 1.74. The smallest absolute Gasteiger partial charge is 0.348 e. The lowest BCUT2D eigenvalue weighted by Gasteiger charge is -2.08. The van der Waals surface area contributed by atoms with Crippen molar-refractivity contribution >= 4 is 45.1 Å². The average molecular weight is 443 g/mol. The van der Waals surface area contributed by atoms with Crippen molar-refractivity contribution in [1.29, 1.82) is 0 Å². The van der Waals surface area contributed by atoms with Gasteiger partial charge in [-0.3, -0.25) is 14.2 Å². The van der Waals surface area contributed by atoms with Gasteiger partial charge in [0.2, 0.25) is 5.91 Å². The Morgan fingerprint density at radius 1 is 1.16 bits per heavy atom. The van der Waals surface area contributed by atoms with E-state index in [2.05, 4.69) is 10.3 Å². The van der Waals surface area contributed by atoms with Crippen molar-refractivity contribution in [3.05, 3.63) is 57.0 Å². The maximum Gasteiger partial charge on any atom is 0.348 e. The van der Waals surface area contributed by atoms with Crippen molar-refractivity contribution in [2.24, 2.45) is 0 Å². The quantitative estimate of drug-likeness (QED) is 0.558. The molecule has 0 spiro atoms. The summed E-state index contributed by atoms with van der Waals surface area (Å²) in [6.07, 6.45) is 2.00. The van der Waals surface area contributed by atoms with Gasteiger partial charge in [-0.25, -0.2) is 14.6 Å². The predicted molar refractivity (Wildman–Crippen MR) is 116 cm³/mol. The van der Waals surface area contributed by atoms with Crippen LogP contribution in [0.5, 0.6) is 0 Å². The van der Waals surface area contributed by atoms with E-state index in [4.69, 9.17) is 9.47 Å². The lowest BCUT2D eigenvalue weighted by atomic mass is 10.2. The maximum atomic E-state index is 12.8. The summed E-state index contributed by atoms with van der Waals surface area (Å²) in [7, 11) is 1.27. The van der Waals surface area contributed by atoms with Crippen LogP contribution < -0.4 is 10.9 Å². The topological polar surface area (TPSA) is 117 Å². The van der Waals surface area contributed by atoms with Crippen molar-refractivity contribution in [2.45, 2.75) is 26.8 Å². The van der Waals surface area contributed by atoms with Gasteiger partial charge in [-0.05, 0) is 43.2 Å². The van der Waals surface area contributed by atoms with Crippen LogP contribution in [-0.2, 0) is 20.8 Å². The number of thiophene rings is 1. The summed E-state index contributed by atoms with van der Waals surface area (Å²) in [5, 5.41) is 2.96. The lowest BCUT2D eigenvalue weighted by molar-refractivity contribution is -0.116. The molecule has 0 radical (unpaired) electrons. The zero-order chi connectivity index (χ0) is 22.5. The van der Waals surface area contributed by atoms with E-state index in [1.54, 1.807) is 31.2 Å². The van der Waals surface area contributed by atoms with E-state index >= 15 is 0 Å². The minimum atomic E-state index is -0.536. The molecule has 0 saturated heterocycles. The molecular weight excluding hydrogens is 422 g/mol. The molecule has 0 unspecified atom stereocenters. The van der Waals surface area contributed by atoms with Gasteiger partial charge in [0.1, 0.15) is 16.3 Å². The number of amides is 1. The molecule has 9 nitrogen and oxygen atoms in total. The third-order valence-corrected chi connectivity index (χ3v) is 5.62. The third kappa shape index (κ3) is 4.80. The number of ether oxygens (including phenoxy) is 2. The highest BCUT2D eigenvalue weighted by molar-refractivity contribution is 7.20. The van der Waals surface area contributed by atoms with Gasteiger partial charge in [0.05, 0.1) is 31.0 Å². The summed E-state index contributed by atoms with van der Waals surface area (Å²) in [5.41, 5.74) is 0.910. The zero-order valence-corrected chi connectivity index (χ0v) is 18.1. The minimum Gasteiger partial charge on any atom is -0.465 e. The highest BCUT2D eigenvalue weighted by atomic mass is 32.1. The Bertz CT molecular complexity index is 1200. The number of nitrogens with one attached hydrogen (secondary N) is 1. The number of aromatic nitrogens is 2. The van der Waals surface area contributed by atoms with Gasteiger partial charge in [0.15, 0.2) is 0 Å². The van der Waals surface area contributed by atoms with Gasteiger partial charge in [-0.15, -0.1) is 11.3 Å². The Morgan fingerprint density at radius 2 is 1.87 bits per heavy atom. The number of aryl methyl sites for hydroxylation is 1. The number of anilines is 1. The minimum absolute atomic E-state index is 0.259. The molecule has 1 amide bonds. The molecule has 0 fully saturated rings. The van der Waals surface area contributed by atoms with Crippen LogP contribution in [0.2, 0.25) is 0 Å². The molecule has 31 heavy (non-hydrogen) atoms. The first kappa shape index (κ1) is 22.2. The zero-order valence-electron chi connectivity index (χ0n) is 17.3. The number of carbonyl (C=O) groups excluding carboxylic acids is 3. The number of hydrogen-bond donors (Lipinski definition) is 1. The molecule has 0 aliphatic heterocycles. The monoisotopic (exact) mass is 443 g/mol. The highest BCUT2D eigenvalue weighted by Gasteiger charge is 2.20. The van der Waals surface area contributed by atoms with E-state index in [0.29, 0.717) is 33.1 Å². The van der Waals surface area contributed by atoms with E-state index in [-0.39, 0.29) is 11.9 Å². The van der Waals surface area contributed by atoms with Crippen LogP contribution in [0.4, 0.5) is 5.69 Å². The largest absolute Gasteiger partial charge is 0.465 e. The second-order valence-corrected chi connectivity index (χ2v) is 7.67. The molecule has 0 atom stereocenters.